The Labute approximate surface area is 101 Å². The van der Waals surface area contributed by atoms with E-state index in [0.717, 1.165) is 19.4 Å². The molecule has 0 unspecified atom stereocenters. The van der Waals surface area contributed by atoms with Crippen molar-refractivity contribution in [3.05, 3.63) is 0 Å². The molecular weight excluding hydrogens is 199 g/mol. The van der Waals surface area contributed by atoms with Crippen LogP contribution < -0.4 is 5.23 Å². The van der Waals surface area contributed by atoms with Gasteiger partial charge in [-0.25, -0.2) is 0 Å². The zero-order valence-electron chi connectivity index (χ0n) is 11.5. The lowest BCUT2D eigenvalue weighted by Gasteiger charge is -2.30. The van der Waals surface area contributed by atoms with Gasteiger partial charge >= 0.3 is 0 Å². The maximum atomic E-state index is 11.0. The largest absolute Gasteiger partial charge is 0.406 e. The van der Waals surface area contributed by atoms with Gasteiger partial charge in [0.1, 0.15) is 0 Å². The molecule has 1 N–H and O–H groups in total. The van der Waals surface area contributed by atoms with Crippen molar-refractivity contribution in [2.24, 2.45) is 0 Å². The van der Waals surface area contributed by atoms with Crippen LogP contribution in [0.15, 0.2) is 0 Å². The SMILES string of the molecule is BNC(=O)CCCCCN(C(C)C)C(C)C. The number of amides is 1. The fraction of sp³-hybridized carbons (Fsp3) is 0.917. The summed E-state index contributed by atoms with van der Waals surface area (Å²) < 4.78 is 0. The van der Waals surface area contributed by atoms with Crippen LogP contribution in [0.2, 0.25) is 0 Å². The van der Waals surface area contributed by atoms with Crippen molar-refractivity contribution in [1.82, 2.24) is 10.1 Å². The average molecular weight is 226 g/mol. The van der Waals surface area contributed by atoms with Gasteiger partial charge in [-0.15, -0.1) is 0 Å². The van der Waals surface area contributed by atoms with Gasteiger partial charge < -0.3 is 5.23 Å². The number of unbranched alkanes of at least 4 members (excludes halogenated alkanes) is 2. The molecule has 0 radical (unpaired) electrons. The van der Waals surface area contributed by atoms with E-state index in [-0.39, 0.29) is 5.91 Å². The van der Waals surface area contributed by atoms with Gasteiger partial charge in [0, 0.05) is 18.5 Å². The Kier molecular flexibility index (Phi) is 8.35. The summed E-state index contributed by atoms with van der Waals surface area (Å²) in [6, 6.07) is 1.22. The molecule has 0 aliphatic carbocycles. The Morgan fingerprint density at radius 2 is 1.69 bits per heavy atom. The van der Waals surface area contributed by atoms with E-state index in [1.54, 1.807) is 7.98 Å². The van der Waals surface area contributed by atoms with Gasteiger partial charge in [-0.05, 0) is 47.1 Å². The Balaban J connectivity index is 3.59. The van der Waals surface area contributed by atoms with Crippen molar-refractivity contribution in [3.63, 3.8) is 0 Å². The lowest BCUT2D eigenvalue weighted by Crippen LogP contribution is -2.37. The summed E-state index contributed by atoms with van der Waals surface area (Å²) in [6.07, 6.45) is 4.00. The number of rotatable bonds is 8. The number of hydrogen-bond acceptors (Lipinski definition) is 2. The normalized spacial score (nSPS) is 11.4. The van der Waals surface area contributed by atoms with Gasteiger partial charge in [-0.1, -0.05) is 6.42 Å². The van der Waals surface area contributed by atoms with Crippen molar-refractivity contribution in [3.8, 4) is 0 Å². The molecule has 0 atom stereocenters. The Bertz CT molecular complexity index is 187. The molecule has 0 aromatic carbocycles. The highest BCUT2D eigenvalue weighted by Crippen LogP contribution is 2.08. The second kappa shape index (κ2) is 8.62. The van der Waals surface area contributed by atoms with Crippen LogP contribution in [0.4, 0.5) is 0 Å². The summed E-state index contributed by atoms with van der Waals surface area (Å²) in [6.45, 7) is 10.1. The number of carbonyl (C=O) groups excluding carboxylic acids is 1. The van der Waals surface area contributed by atoms with Crippen LogP contribution in [-0.4, -0.2) is 37.4 Å². The van der Waals surface area contributed by atoms with Gasteiger partial charge in [0.15, 0.2) is 0 Å². The second-order valence-corrected chi connectivity index (χ2v) is 4.91. The molecule has 0 aliphatic heterocycles. The molecule has 0 fully saturated rings. The minimum atomic E-state index is 0.157. The molecule has 0 aromatic rings. The van der Waals surface area contributed by atoms with E-state index >= 15 is 0 Å². The Morgan fingerprint density at radius 1 is 1.12 bits per heavy atom. The number of hydrogen-bond donors (Lipinski definition) is 1. The molecule has 0 heterocycles. The van der Waals surface area contributed by atoms with Crippen LogP contribution in [0.5, 0.6) is 0 Å². The maximum Gasteiger partial charge on any atom is 0.217 e. The third-order valence-corrected chi connectivity index (χ3v) is 2.93. The highest BCUT2D eigenvalue weighted by atomic mass is 16.1. The minimum Gasteiger partial charge on any atom is -0.406 e. The summed E-state index contributed by atoms with van der Waals surface area (Å²) in [5, 5.41) is 2.65. The predicted molar refractivity (Wildman–Crippen MR) is 72.1 cm³/mol. The first-order chi connectivity index (χ1) is 7.49. The summed E-state index contributed by atoms with van der Waals surface area (Å²) in [5.74, 6) is 0.157. The van der Waals surface area contributed by atoms with E-state index in [1.807, 2.05) is 0 Å². The molecule has 16 heavy (non-hydrogen) atoms. The van der Waals surface area contributed by atoms with Gasteiger partial charge in [-0.2, -0.15) is 0 Å². The van der Waals surface area contributed by atoms with Crippen molar-refractivity contribution in [2.45, 2.75) is 65.5 Å². The summed E-state index contributed by atoms with van der Waals surface area (Å²) >= 11 is 0. The van der Waals surface area contributed by atoms with Crippen molar-refractivity contribution in [1.29, 1.82) is 0 Å². The number of nitrogens with zero attached hydrogens (tertiary/aromatic N) is 1. The Morgan fingerprint density at radius 3 is 2.12 bits per heavy atom. The minimum absolute atomic E-state index is 0.157. The van der Waals surface area contributed by atoms with Gasteiger partial charge in [0.2, 0.25) is 13.9 Å². The molecule has 0 aromatic heterocycles. The van der Waals surface area contributed by atoms with E-state index in [0.29, 0.717) is 18.5 Å². The van der Waals surface area contributed by atoms with Gasteiger partial charge in [0.25, 0.3) is 0 Å². The molecular formula is C12H27BN2O. The van der Waals surface area contributed by atoms with Crippen LogP contribution >= 0.6 is 0 Å². The van der Waals surface area contributed by atoms with Crippen LogP contribution in [0.1, 0.15) is 53.4 Å². The lowest BCUT2D eigenvalue weighted by atomic mass is 10.1. The molecule has 4 heteroatoms. The third-order valence-electron chi connectivity index (χ3n) is 2.93. The molecule has 1 amide bonds. The highest BCUT2D eigenvalue weighted by molar-refractivity contribution is 6.14. The number of carbonyl (C=O) groups is 1. The quantitative estimate of drug-likeness (QED) is 0.500. The summed E-state index contributed by atoms with van der Waals surface area (Å²) in [7, 11) is 1.70. The van der Waals surface area contributed by atoms with Crippen LogP contribution in [0.3, 0.4) is 0 Å². The molecule has 0 aliphatic rings. The first-order valence-electron chi connectivity index (χ1n) is 6.45. The highest BCUT2D eigenvalue weighted by Gasteiger charge is 2.12. The van der Waals surface area contributed by atoms with Crippen LogP contribution in [-0.2, 0) is 4.79 Å². The summed E-state index contributed by atoms with van der Waals surface area (Å²) in [5.41, 5.74) is 0. The fourth-order valence-corrected chi connectivity index (χ4v) is 1.99. The van der Waals surface area contributed by atoms with Gasteiger partial charge in [-0.3, -0.25) is 9.69 Å². The Hall–Kier alpha value is -0.505. The van der Waals surface area contributed by atoms with Crippen molar-refractivity contribution >= 4 is 13.9 Å². The molecule has 0 spiro atoms. The third kappa shape index (κ3) is 6.88. The molecule has 94 valence electrons. The van der Waals surface area contributed by atoms with Crippen molar-refractivity contribution in [2.75, 3.05) is 6.54 Å². The first kappa shape index (κ1) is 15.5. The van der Waals surface area contributed by atoms with Crippen LogP contribution in [0.25, 0.3) is 0 Å². The predicted octanol–water partition coefficient (Wildman–Crippen LogP) is 1.33. The van der Waals surface area contributed by atoms with E-state index < -0.39 is 0 Å². The smallest absolute Gasteiger partial charge is 0.217 e. The molecule has 0 saturated carbocycles. The van der Waals surface area contributed by atoms with Gasteiger partial charge in [0.05, 0.1) is 0 Å². The monoisotopic (exact) mass is 226 g/mol. The second-order valence-electron chi connectivity index (χ2n) is 4.91. The molecule has 0 rings (SSSR count). The van der Waals surface area contributed by atoms with E-state index in [1.165, 1.54) is 6.42 Å². The van der Waals surface area contributed by atoms with Crippen LogP contribution in [0, 0.1) is 0 Å². The molecule has 0 bridgehead atoms. The zero-order chi connectivity index (χ0) is 12.6. The fourth-order valence-electron chi connectivity index (χ4n) is 1.99. The standard InChI is InChI=1S/C12H27BN2O/c1-10(2)15(11(3)4)9-7-5-6-8-12(16)14-13/h10-11H,5-9,13H2,1-4H3,(H,14,16). The lowest BCUT2D eigenvalue weighted by molar-refractivity contribution is -0.119. The molecule has 3 nitrogen and oxygen atoms in total. The average Bonchev–Trinajstić information content (AvgIpc) is 2.21. The van der Waals surface area contributed by atoms with Crippen molar-refractivity contribution < 1.29 is 4.79 Å². The molecule has 0 saturated heterocycles. The van der Waals surface area contributed by atoms with E-state index in [4.69, 9.17) is 0 Å². The number of nitrogens with one attached hydrogen (secondary N) is 1. The topological polar surface area (TPSA) is 32.3 Å². The van der Waals surface area contributed by atoms with E-state index in [9.17, 15) is 4.79 Å². The van der Waals surface area contributed by atoms with E-state index in [2.05, 4.69) is 37.8 Å². The first-order valence-corrected chi connectivity index (χ1v) is 6.45. The summed E-state index contributed by atoms with van der Waals surface area (Å²) in [4.78, 5) is 13.5. The maximum absolute atomic E-state index is 11.0. The zero-order valence-corrected chi connectivity index (χ0v) is 11.5.